The molecule has 0 aromatic carbocycles. The Morgan fingerprint density at radius 2 is 2.12 bits per heavy atom. The molecule has 2 fully saturated rings. The van der Waals surface area contributed by atoms with Crippen LogP contribution < -0.4 is 15.0 Å². The number of nitrogens with one attached hydrogen (secondary N) is 1. The molecule has 1 saturated carbocycles. The maximum absolute atomic E-state index is 13.0. The van der Waals surface area contributed by atoms with Gasteiger partial charge < -0.3 is 29.5 Å². The van der Waals surface area contributed by atoms with Gasteiger partial charge in [-0.05, 0) is 49.1 Å². The first-order chi connectivity index (χ1) is 15.9. The molecule has 8 nitrogen and oxygen atoms in total. The van der Waals surface area contributed by atoms with Crippen LogP contribution in [0.2, 0.25) is 0 Å². The van der Waals surface area contributed by atoms with E-state index in [2.05, 4.69) is 29.0 Å². The van der Waals surface area contributed by atoms with Crippen LogP contribution in [0.1, 0.15) is 43.6 Å². The Kier molecular flexibility index (Phi) is 9.70. The fraction of sp³-hybridized carbons (Fsp3) is 0.750. The third-order valence-corrected chi connectivity index (χ3v) is 6.17. The average molecular weight is 468 g/mol. The number of aromatic nitrogens is 1. The second-order valence-electron chi connectivity index (χ2n) is 9.45. The molecule has 0 bridgehead atoms. The van der Waals surface area contributed by atoms with E-state index in [1.807, 2.05) is 6.07 Å². The van der Waals surface area contributed by atoms with Crippen LogP contribution in [-0.4, -0.2) is 81.4 Å². The van der Waals surface area contributed by atoms with Gasteiger partial charge in [-0.3, -0.25) is 9.18 Å². The van der Waals surface area contributed by atoms with E-state index >= 15 is 0 Å². The number of methoxy groups -OCH3 is 1. The summed E-state index contributed by atoms with van der Waals surface area (Å²) in [5.41, 5.74) is 1.12. The lowest BCUT2D eigenvalue weighted by atomic mass is 10.0. The van der Waals surface area contributed by atoms with E-state index in [0.29, 0.717) is 44.0 Å². The first kappa shape index (κ1) is 25.6. The quantitative estimate of drug-likeness (QED) is 0.383. The van der Waals surface area contributed by atoms with Crippen molar-refractivity contribution in [2.45, 2.75) is 45.3 Å². The predicted octanol–water partition coefficient (Wildman–Crippen LogP) is 2.44. The molecule has 1 aliphatic carbocycles. The Morgan fingerprint density at radius 1 is 1.33 bits per heavy atom. The average Bonchev–Trinajstić information content (AvgIpc) is 3.53. The Bertz CT molecular complexity index is 760. The van der Waals surface area contributed by atoms with E-state index in [4.69, 9.17) is 14.2 Å². The van der Waals surface area contributed by atoms with Crippen molar-refractivity contribution < 1.29 is 28.5 Å². The number of anilines is 1. The number of amides is 1. The number of hydrogen-bond acceptors (Lipinski definition) is 7. The van der Waals surface area contributed by atoms with Crippen LogP contribution in [-0.2, 0) is 9.47 Å². The number of ether oxygens (including phenoxy) is 3. The first-order valence-corrected chi connectivity index (χ1v) is 11.9. The third-order valence-electron chi connectivity index (χ3n) is 6.17. The van der Waals surface area contributed by atoms with Crippen LogP contribution >= 0.6 is 0 Å². The number of rotatable bonds is 15. The van der Waals surface area contributed by atoms with Crippen molar-refractivity contribution in [2.24, 2.45) is 17.8 Å². The van der Waals surface area contributed by atoms with Gasteiger partial charge in [-0.2, -0.15) is 0 Å². The van der Waals surface area contributed by atoms with Gasteiger partial charge in [0.15, 0.2) is 0 Å². The number of carbonyl (C=O) groups is 1. The Balaban J connectivity index is 1.66. The van der Waals surface area contributed by atoms with Crippen molar-refractivity contribution in [1.29, 1.82) is 0 Å². The minimum Gasteiger partial charge on any atom is -0.476 e. The van der Waals surface area contributed by atoms with Gasteiger partial charge in [-0.15, -0.1) is 0 Å². The monoisotopic (exact) mass is 467 g/mol. The maximum Gasteiger partial charge on any atom is 0.270 e. The van der Waals surface area contributed by atoms with E-state index in [9.17, 15) is 14.3 Å². The van der Waals surface area contributed by atoms with Gasteiger partial charge in [0.05, 0.1) is 32.0 Å². The van der Waals surface area contributed by atoms with E-state index in [-0.39, 0.29) is 36.3 Å². The van der Waals surface area contributed by atoms with Crippen LogP contribution in [0.4, 0.5) is 10.1 Å². The lowest BCUT2D eigenvalue weighted by molar-refractivity contribution is 0.0777. The van der Waals surface area contributed by atoms with E-state index < -0.39 is 6.67 Å². The smallest absolute Gasteiger partial charge is 0.270 e. The van der Waals surface area contributed by atoms with E-state index in [1.165, 1.54) is 0 Å². The summed E-state index contributed by atoms with van der Waals surface area (Å²) in [5, 5.41) is 12.3. The molecular weight excluding hydrogens is 429 g/mol. The van der Waals surface area contributed by atoms with Crippen LogP contribution in [0.3, 0.4) is 0 Å². The molecule has 3 atom stereocenters. The number of halogens is 1. The minimum absolute atomic E-state index is 0.170. The second kappa shape index (κ2) is 12.5. The Morgan fingerprint density at radius 3 is 2.76 bits per heavy atom. The van der Waals surface area contributed by atoms with Crippen molar-refractivity contribution in [1.82, 2.24) is 10.3 Å². The summed E-state index contributed by atoms with van der Waals surface area (Å²) in [7, 11) is 1.70. The largest absolute Gasteiger partial charge is 0.476 e. The zero-order valence-electron chi connectivity index (χ0n) is 20.0. The standard InChI is InChI=1S/C24H38FN3O5/c1-16(2)9-19(15-32-8-4-7-25)26-23(30)21-5-6-22(28-11-20(12-28)31-3)24(27-21)33-14-18-10-17(18)13-29/h5-6,16-20,29H,4,7-15H2,1-3H3,(H,26,30)/t17-,18-,19+/m1/s1. The van der Waals surface area contributed by atoms with Gasteiger partial charge in [0.2, 0.25) is 5.88 Å². The fourth-order valence-corrected chi connectivity index (χ4v) is 3.99. The summed E-state index contributed by atoms with van der Waals surface area (Å²) in [5.74, 6) is 1.12. The molecule has 1 amide bonds. The summed E-state index contributed by atoms with van der Waals surface area (Å²) in [6.07, 6.45) is 2.22. The normalized spacial score (nSPS) is 21.1. The molecule has 2 heterocycles. The molecule has 2 aliphatic rings. The Hall–Kier alpha value is -1.97. The highest BCUT2D eigenvalue weighted by molar-refractivity contribution is 5.93. The summed E-state index contributed by atoms with van der Waals surface area (Å²) in [6.45, 7) is 6.55. The first-order valence-electron chi connectivity index (χ1n) is 11.9. The number of aliphatic hydroxyl groups is 1. The summed E-state index contributed by atoms with van der Waals surface area (Å²) in [6, 6.07) is 3.40. The molecule has 9 heteroatoms. The van der Waals surface area contributed by atoms with E-state index in [1.54, 1.807) is 13.2 Å². The number of hydrogen-bond donors (Lipinski definition) is 2. The van der Waals surface area contributed by atoms with Crippen molar-refractivity contribution in [3.05, 3.63) is 17.8 Å². The topological polar surface area (TPSA) is 93.2 Å². The number of pyridine rings is 1. The summed E-state index contributed by atoms with van der Waals surface area (Å²) >= 11 is 0. The number of carbonyl (C=O) groups excluding carboxylic acids is 1. The highest BCUT2D eigenvalue weighted by atomic mass is 19.1. The van der Waals surface area contributed by atoms with Gasteiger partial charge in [0, 0.05) is 33.4 Å². The van der Waals surface area contributed by atoms with Crippen LogP contribution in [0.15, 0.2) is 12.1 Å². The highest BCUT2D eigenvalue weighted by Crippen LogP contribution is 2.39. The van der Waals surface area contributed by atoms with Crippen molar-refractivity contribution in [2.75, 3.05) is 58.2 Å². The van der Waals surface area contributed by atoms with Gasteiger partial charge in [0.25, 0.3) is 5.91 Å². The summed E-state index contributed by atoms with van der Waals surface area (Å²) < 4.78 is 29.3. The Labute approximate surface area is 195 Å². The maximum atomic E-state index is 13.0. The van der Waals surface area contributed by atoms with Gasteiger partial charge in [-0.1, -0.05) is 13.8 Å². The zero-order valence-corrected chi connectivity index (χ0v) is 20.0. The third kappa shape index (κ3) is 7.52. The number of nitrogens with zero attached hydrogens (tertiary/aromatic N) is 2. The number of aliphatic hydroxyl groups excluding tert-OH is 1. The minimum atomic E-state index is -0.414. The van der Waals surface area contributed by atoms with Gasteiger partial charge >= 0.3 is 0 Å². The summed E-state index contributed by atoms with van der Waals surface area (Å²) in [4.78, 5) is 19.6. The lowest BCUT2D eigenvalue weighted by Crippen LogP contribution is -2.52. The van der Waals surface area contributed by atoms with Crippen LogP contribution in [0.5, 0.6) is 5.88 Å². The molecule has 1 aliphatic heterocycles. The molecule has 1 aromatic rings. The molecule has 2 N–H and O–H groups in total. The molecule has 33 heavy (non-hydrogen) atoms. The molecule has 0 spiro atoms. The van der Waals surface area contributed by atoms with Gasteiger partial charge in [0.1, 0.15) is 11.4 Å². The molecule has 186 valence electrons. The molecular formula is C24H38FN3O5. The number of alkyl halides is 1. The molecule has 3 rings (SSSR count). The predicted molar refractivity (Wildman–Crippen MR) is 124 cm³/mol. The molecule has 1 saturated heterocycles. The van der Waals surface area contributed by atoms with Crippen molar-refractivity contribution >= 4 is 11.6 Å². The lowest BCUT2D eigenvalue weighted by Gasteiger charge is -2.40. The molecule has 0 radical (unpaired) electrons. The van der Waals surface area contributed by atoms with Gasteiger partial charge in [-0.25, -0.2) is 4.98 Å². The SMILES string of the molecule is COC1CN(c2ccc(C(=O)N[C@H](COCCCF)CC(C)C)nc2OC[C@H]2C[C@@H]2CO)C1. The van der Waals surface area contributed by atoms with E-state index in [0.717, 1.165) is 31.6 Å². The zero-order chi connectivity index (χ0) is 23.8. The fourth-order valence-electron chi connectivity index (χ4n) is 3.99. The molecule has 0 unspecified atom stereocenters. The highest BCUT2D eigenvalue weighted by Gasteiger charge is 2.37. The molecule has 1 aromatic heterocycles. The van der Waals surface area contributed by atoms with Crippen molar-refractivity contribution in [3.63, 3.8) is 0 Å². The second-order valence-corrected chi connectivity index (χ2v) is 9.45. The van der Waals surface area contributed by atoms with Crippen LogP contribution in [0, 0.1) is 17.8 Å². The van der Waals surface area contributed by atoms with Crippen LogP contribution in [0.25, 0.3) is 0 Å². The van der Waals surface area contributed by atoms with Crippen molar-refractivity contribution in [3.8, 4) is 5.88 Å².